The summed E-state index contributed by atoms with van der Waals surface area (Å²) in [7, 11) is 0. The van der Waals surface area contributed by atoms with E-state index in [4.69, 9.17) is 4.74 Å². The van der Waals surface area contributed by atoms with Gasteiger partial charge in [0.1, 0.15) is 11.6 Å². The number of nitrogens with one attached hydrogen (secondary N) is 1. The van der Waals surface area contributed by atoms with Crippen molar-refractivity contribution in [3.63, 3.8) is 0 Å². The molecule has 0 spiro atoms. The molecule has 0 saturated heterocycles. The Labute approximate surface area is 144 Å². The maximum Gasteiger partial charge on any atom is 0.416 e. The van der Waals surface area contributed by atoms with Gasteiger partial charge < -0.3 is 10.1 Å². The summed E-state index contributed by atoms with van der Waals surface area (Å²) in [5, 5.41) is 2.22. The molecule has 2 aromatic rings. The third-order valence-corrected chi connectivity index (χ3v) is 3.40. The lowest BCUT2D eigenvalue weighted by Gasteiger charge is -2.17. The highest BCUT2D eigenvalue weighted by Crippen LogP contribution is 2.32. The van der Waals surface area contributed by atoms with Crippen LogP contribution in [0.15, 0.2) is 36.4 Å². The molecule has 1 amide bonds. The molecule has 1 N–H and O–H groups in total. The van der Waals surface area contributed by atoms with Crippen molar-refractivity contribution in [1.29, 1.82) is 0 Å². The van der Waals surface area contributed by atoms with Gasteiger partial charge in [-0.3, -0.25) is 4.79 Å². The maximum absolute atomic E-state index is 13.1. The minimum atomic E-state index is -4.78. The van der Waals surface area contributed by atoms with E-state index in [9.17, 15) is 31.1 Å². The van der Waals surface area contributed by atoms with Gasteiger partial charge in [0.05, 0.1) is 5.56 Å². The predicted octanol–water partition coefficient (Wildman–Crippen LogP) is 4.21. The van der Waals surface area contributed by atoms with E-state index in [-0.39, 0.29) is 11.3 Å². The molecule has 3 nitrogen and oxygen atoms in total. The predicted molar refractivity (Wildman–Crippen MR) is 79.7 cm³/mol. The van der Waals surface area contributed by atoms with Crippen LogP contribution in [0, 0.1) is 17.5 Å². The van der Waals surface area contributed by atoms with Crippen LogP contribution in [0.5, 0.6) is 5.75 Å². The third-order valence-electron chi connectivity index (χ3n) is 3.40. The summed E-state index contributed by atoms with van der Waals surface area (Å²) >= 11 is 0. The minimum Gasteiger partial charge on any atom is -0.481 e. The van der Waals surface area contributed by atoms with Crippen LogP contribution in [0.4, 0.5) is 26.3 Å². The molecule has 9 heteroatoms. The van der Waals surface area contributed by atoms with Gasteiger partial charge in [0.25, 0.3) is 5.91 Å². The number of halogens is 6. The van der Waals surface area contributed by atoms with E-state index >= 15 is 0 Å². The van der Waals surface area contributed by atoms with Crippen molar-refractivity contribution in [3.8, 4) is 5.75 Å². The van der Waals surface area contributed by atoms with Gasteiger partial charge >= 0.3 is 6.18 Å². The first-order valence-corrected chi connectivity index (χ1v) is 7.33. The van der Waals surface area contributed by atoms with E-state index in [0.717, 1.165) is 30.3 Å². The number of ether oxygens (including phenoxy) is 1. The fourth-order valence-corrected chi connectivity index (χ4v) is 2.10. The van der Waals surface area contributed by atoms with E-state index in [1.165, 1.54) is 6.92 Å². The molecule has 1 atom stereocenters. The summed E-state index contributed by atoms with van der Waals surface area (Å²) in [4.78, 5) is 11.9. The highest BCUT2D eigenvalue weighted by Gasteiger charge is 2.33. The summed E-state index contributed by atoms with van der Waals surface area (Å²) in [5.74, 6) is -4.22. The van der Waals surface area contributed by atoms with Crippen molar-refractivity contribution >= 4 is 5.91 Å². The number of alkyl halides is 3. The lowest BCUT2D eigenvalue weighted by molar-refractivity contribution is -0.138. The summed E-state index contributed by atoms with van der Waals surface area (Å²) in [5.41, 5.74) is -1.53. The van der Waals surface area contributed by atoms with Crippen LogP contribution in [0.25, 0.3) is 0 Å². The number of amides is 1. The Morgan fingerprint density at radius 1 is 1.08 bits per heavy atom. The molecule has 0 aromatic heterocycles. The average molecular weight is 377 g/mol. The normalized spacial score (nSPS) is 12.6. The topological polar surface area (TPSA) is 38.3 Å². The van der Waals surface area contributed by atoms with E-state index in [2.05, 4.69) is 5.32 Å². The summed E-state index contributed by atoms with van der Waals surface area (Å²) in [6.45, 7) is 0.769. The zero-order valence-electron chi connectivity index (χ0n) is 13.3. The van der Waals surface area contributed by atoms with E-state index in [1.54, 1.807) is 0 Å². The first kappa shape index (κ1) is 19.6. The molecule has 0 aliphatic heterocycles. The molecule has 0 bridgehead atoms. The second-order valence-corrected chi connectivity index (χ2v) is 5.35. The van der Waals surface area contributed by atoms with Crippen molar-refractivity contribution < 1.29 is 35.9 Å². The van der Waals surface area contributed by atoms with Crippen LogP contribution < -0.4 is 10.1 Å². The summed E-state index contributed by atoms with van der Waals surface area (Å²) < 4.78 is 82.8. The van der Waals surface area contributed by atoms with Gasteiger partial charge in [-0.2, -0.15) is 13.2 Å². The van der Waals surface area contributed by atoms with Crippen LogP contribution in [-0.2, 0) is 17.5 Å². The van der Waals surface area contributed by atoms with Crippen molar-refractivity contribution in [2.75, 3.05) is 0 Å². The molecular weight excluding hydrogens is 364 g/mol. The van der Waals surface area contributed by atoms with Gasteiger partial charge in [-0.05, 0) is 36.8 Å². The maximum atomic E-state index is 13.1. The smallest absolute Gasteiger partial charge is 0.416 e. The quantitative estimate of drug-likeness (QED) is 0.793. The Morgan fingerprint density at radius 2 is 1.77 bits per heavy atom. The molecule has 0 heterocycles. The van der Waals surface area contributed by atoms with Crippen molar-refractivity contribution in [1.82, 2.24) is 5.32 Å². The molecule has 2 aromatic carbocycles. The molecule has 2 rings (SSSR count). The Hall–Kier alpha value is -2.71. The second kappa shape index (κ2) is 7.67. The standard InChI is InChI=1S/C17H13F6NO2/c1-9(26-12-4-5-14(19)15(20)7-12)16(25)24-8-10-2-3-11(18)6-13(10)17(21,22)23/h2-7,9H,8H2,1H3,(H,24,25). The number of carbonyl (C=O) groups is 1. The Morgan fingerprint density at radius 3 is 2.38 bits per heavy atom. The molecule has 0 aliphatic rings. The summed E-state index contributed by atoms with van der Waals surface area (Å²) in [6, 6.07) is 4.74. The second-order valence-electron chi connectivity index (χ2n) is 5.35. The third kappa shape index (κ3) is 4.90. The first-order valence-electron chi connectivity index (χ1n) is 7.33. The van der Waals surface area contributed by atoms with Crippen LogP contribution in [0.2, 0.25) is 0 Å². The van der Waals surface area contributed by atoms with Crippen LogP contribution in [-0.4, -0.2) is 12.0 Å². The first-order chi connectivity index (χ1) is 12.1. The van der Waals surface area contributed by atoms with Crippen LogP contribution in [0.1, 0.15) is 18.1 Å². The fourth-order valence-electron chi connectivity index (χ4n) is 2.10. The zero-order valence-corrected chi connectivity index (χ0v) is 13.3. The van der Waals surface area contributed by atoms with E-state index < -0.39 is 47.7 Å². The number of rotatable bonds is 5. The largest absolute Gasteiger partial charge is 0.481 e. The molecule has 0 fully saturated rings. The van der Waals surface area contributed by atoms with Crippen molar-refractivity contribution in [2.45, 2.75) is 25.7 Å². The van der Waals surface area contributed by atoms with Crippen LogP contribution >= 0.6 is 0 Å². The Bertz CT molecular complexity index is 806. The minimum absolute atomic E-state index is 0.121. The van der Waals surface area contributed by atoms with E-state index in [1.807, 2.05) is 0 Å². The summed E-state index contributed by atoms with van der Waals surface area (Å²) in [6.07, 6.45) is -5.97. The number of hydrogen-bond acceptors (Lipinski definition) is 2. The average Bonchev–Trinajstić information content (AvgIpc) is 2.55. The SMILES string of the molecule is CC(Oc1ccc(F)c(F)c1)C(=O)NCc1ccc(F)cc1C(F)(F)F. The Balaban J connectivity index is 2.03. The molecule has 0 aliphatic carbocycles. The lowest BCUT2D eigenvalue weighted by atomic mass is 10.1. The number of benzene rings is 2. The van der Waals surface area contributed by atoms with Gasteiger partial charge in [-0.1, -0.05) is 6.07 Å². The molecule has 1 unspecified atom stereocenters. The molecule has 0 saturated carbocycles. The van der Waals surface area contributed by atoms with Gasteiger partial charge in [0.2, 0.25) is 0 Å². The van der Waals surface area contributed by atoms with Gasteiger partial charge in [0, 0.05) is 12.6 Å². The molecular formula is C17H13F6NO2. The number of carbonyl (C=O) groups excluding carboxylic acids is 1. The Kier molecular flexibility index (Phi) is 5.79. The van der Waals surface area contributed by atoms with Crippen LogP contribution in [0.3, 0.4) is 0 Å². The number of hydrogen-bond donors (Lipinski definition) is 1. The van der Waals surface area contributed by atoms with E-state index in [0.29, 0.717) is 6.07 Å². The monoisotopic (exact) mass is 377 g/mol. The molecule has 0 radical (unpaired) electrons. The lowest BCUT2D eigenvalue weighted by Crippen LogP contribution is -2.36. The highest BCUT2D eigenvalue weighted by molar-refractivity contribution is 5.80. The molecule has 26 heavy (non-hydrogen) atoms. The highest BCUT2D eigenvalue weighted by atomic mass is 19.4. The van der Waals surface area contributed by atoms with Crippen molar-refractivity contribution in [3.05, 3.63) is 65.0 Å². The van der Waals surface area contributed by atoms with Gasteiger partial charge in [-0.15, -0.1) is 0 Å². The molecule has 140 valence electrons. The zero-order chi connectivity index (χ0) is 19.5. The van der Waals surface area contributed by atoms with Crippen molar-refractivity contribution in [2.24, 2.45) is 0 Å². The fraction of sp³-hybridized carbons (Fsp3) is 0.235. The van der Waals surface area contributed by atoms with Gasteiger partial charge in [0.15, 0.2) is 17.7 Å². The van der Waals surface area contributed by atoms with Gasteiger partial charge in [-0.25, -0.2) is 13.2 Å².